The van der Waals surface area contributed by atoms with Crippen LogP contribution in [0.5, 0.6) is 0 Å². The first-order valence-electron chi connectivity index (χ1n) is 4.33. The largest absolute Gasteiger partial charge is 0.398 e. The van der Waals surface area contributed by atoms with Gasteiger partial charge in [0.25, 0.3) is 5.91 Å². The van der Waals surface area contributed by atoms with Crippen LogP contribution in [0.1, 0.15) is 10.4 Å². The minimum absolute atomic E-state index is 0.315. The summed E-state index contributed by atoms with van der Waals surface area (Å²) in [4.78, 5) is 12.0. The highest BCUT2D eigenvalue weighted by Gasteiger charge is 2.07. The fraction of sp³-hybridized carbons (Fsp3) is 0. The second-order valence-electron chi connectivity index (χ2n) is 3.06. The second kappa shape index (κ2) is 3.74. The summed E-state index contributed by atoms with van der Waals surface area (Å²) < 4.78 is 0. The van der Waals surface area contributed by atoms with Crippen molar-refractivity contribution in [3.8, 4) is 10.4 Å². The minimum Gasteiger partial charge on any atom is -0.398 e. The standard InChI is InChI=1S/C11H9N2OS/c12-9-6-7(10-2-1-5-15-10)3-4-8(9)11(13)14/h1-2,4-6H,12H2,(H2,13,14). The van der Waals surface area contributed by atoms with Gasteiger partial charge < -0.3 is 11.5 Å². The molecule has 0 aliphatic rings. The molecule has 75 valence electrons. The zero-order valence-corrected chi connectivity index (χ0v) is 8.67. The summed E-state index contributed by atoms with van der Waals surface area (Å²) in [7, 11) is 0. The van der Waals surface area contributed by atoms with E-state index >= 15 is 0 Å². The van der Waals surface area contributed by atoms with Gasteiger partial charge in [0.05, 0.1) is 5.56 Å². The molecular formula is C11H9N2OS. The van der Waals surface area contributed by atoms with Crippen molar-refractivity contribution in [2.75, 3.05) is 5.73 Å². The molecule has 0 aliphatic carbocycles. The van der Waals surface area contributed by atoms with Gasteiger partial charge in [0.1, 0.15) is 0 Å². The third-order valence-corrected chi connectivity index (χ3v) is 2.94. The highest BCUT2D eigenvalue weighted by Crippen LogP contribution is 2.26. The summed E-state index contributed by atoms with van der Waals surface area (Å²) in [6, 6.07) is 10.2. The number of carbonyl (C=O) groups is 1. The molecule has 0 spiro atoms. The fourth-order valence-electron chi connectivity index (χ4n) is 1.30. The van der Waals surface area contributed by atoms with E-state index in [0.717, 1.165) is 10.4 Å². The molecule has 4 heteroatoms. The van der Waals surface area contributed by atoms with Crippen LogP contribution in [-0.2, 0) is 0 Å². The summed E-state index contributed by atoms with van der Waals surface area (Å²) in [5.74, 6) is -0.526. The van der Waals surface area contributed by atoms with E-state index in [0.29, 0.717) is 11.3 Å². The lowest BCUT2D eigenvalue weighted by molar-refractivity contribution is 0.100. The maximum Gasteiger partial charge on any atom is 0.250 e. The van der Waals surface area contributed by atoms with Crippen molar-refractivity contribution in [3.63, 3.8) is 0 Å². The highest BCUT2D eigenvalue weighted by atomic mass is 32.1. The summed E-state index contributed by atoms with van der Waals surface area (Å²) in [5, 5.41) is 1.97. The molecule has 0 bridgehead atoms. The van der Waals surface area contributed by atoms with Gasteiger partial charge in [-0.3, -0.25) is 4.79 Å². The van der Waals surface area contributed by atoms with E-state index < -0.39 is 5.91 Å². The molecule has 0 fully saturated rings. The Kier molecular flexibility index (Phi) is 2.43. The van der Waals surface area contributed by atoms with Gasteiger partial charge in [-0.25, -0.2) is 0 Å². The van der Waals surface area contributed by atoms with E-state index in [4.69, 9.17) is 11.5 Å². The average molecular weight is 217 g/mol. The molecule has 0 atom stereocenters. The van der Waals surface area contributed by atoms with Crippen LogP contribution < -0.4 is 11.5 Å². The third kappa shape index (κ3) is 1.85. The average Bonchev–Trinajstić information content (AvgIpc) is 2.69. The molecule has 0 unspecified atom stereocenters. The molecule has 3 nitrogen and oxygen atoms in total. The number of nitrogens with two attached hydrogens (primary N) is 2. The number of primary amides is 1. The van der Waals surface area contributed by atoms with Gasteiger partial charge in [0.15, 0.2) is 0 Å². The summed E-state index contributed by atoms with van der Waals surface area (Å²) in [6.45, 7) is 0. The number of rotatable bonds is 2. The molecule has 0 saturated heterocycles. The van der Waals surface area contributed by atoms with Gasteiger partial charge in [0, 0.05) is 16.1 Å². The minimum atomic E-state index is -0.526. The van der Waals surface area contributed by atoms with E-state index in [1.165, 1.54) is 6.07 Å². The lowest BCUT2D eigenvalue weighted by Crippen LogP contribution is -2.13. The molecule has 1 amide bonds. The van der Waals surface area contributed by atoms with Crippen LogP contribution >= 0.6 is 11.3 Å². The lowest BCUT2D eigenvalue weighted by atomic mass is 10.1. The smallest absolute Gasteiger partial charge is 0.250 e. The molecule has 1 aromatic carbocycles. The molecule has 1 heterocycles. The van der Waals surface area contributed by atoms with E-state index in [1.807, 2.05) is 17.5 Å². The number of benzene rings is 1. The van der Waals surface area contributed by atoms with Gasteiger partial charge in [-0.2, -0.15) is 0 Å². The number of hydrogen-bond acceptors (Lipinski definition) is 3. The Morgan fingerprint density at radius 2 is 2.27 bits per heavy atom. The van der Waals surface area contributed by atoms with Crippen molar-refractivity contribution in [2.24, 2.45) is 5.73 Å². The van der Waals surface area contributed by atoms with E-state index in [-0.39, 0.29) is 0 Å². The molecule has 1 radical (unpaired) electrons. The number of hydrogen-bond donors (Lipinski definition) is 2. The van der Waals surface area contributed by atoms with Crippen LogP contribution in [0.4, 0.5) is 5.69 Å². The van der Waals surface area contributed by atoms with E-state index in [9.17, 15) is 4.79 Å². The van der Waals surface area contributed by atoms with Crippen molar-refractivity contribution in [1.82, 2.24) is 0 Å². The van der Waals surface area contributed by atoms with Crippen LogP contribution in [0.3, 0.4) is 0 Å². The van der Waals surface area contributed by atoms with Crippen molar-refractivity contribution in [3.05, 3.63) is 41.3 Å². The molecule has 2 aromatic rings. The first-order valence-corrected chi connectivity index (χ1v) is 5.21. The summed E-state index contributed by atoms with van der Waals surface area (Å²) in [5.41, 5.74) is 12.4. The van der Waals surface area contributed by atoms with E-state index in [2.05, 4.69) is 6.07 Å². The Labute approximate surface area is 91.3 Å². The Balaban J connectivity index is 2.47. The third-order valence-electron chi connectivity index (χ3n) is 2.03. The molecular weight excluding hydrogens is 208 g/mol. The van der Waals surface area contributed by atoms with Gasteiger partial charge in [-0.05, 0) is 29.6 Å². The van der Waals surface area contributed by atoms with Crippen LogP contribution in [0, 0.1) is 6.07 Å². The van der Waals surface area contributed by atoms with Gasteiger partial charge in [-0.1, -0.05) is 6.07 Å². The van der Waals surface area contributed by atoms with Gasteiger partial charge >= 0.3 is 0 Å². The highest BCUT2D eigenvalue weighted by molar-refractivity contribution is 7.13. The molecule has 2 rings (SSSR count). The van der Waals surface area contributed by atoms with Crippen LogP contribution in [-0.4, -0.2) is 5.91 Å². The summed E-state index contributed by atoms with van der Waals surface area (Å²) >= 11 is 1.60. The second-order valence-corrected chi connectivity index (χ2v) is 4.00. The predicted molar refractivity (Wildman–Crippen MR) is 61.5 cm³/mol. The Hall–Kier alpha value is -1.81. The lowest BCUT2D eigenvalue weighted by Gasteiger charge is -2.03. The van der Waals surface area contributed by atoms with Crippen molar-refractivity contribution in [2.45, 2.75) is 0 Å². The normalized spacial score (nSPS) is 10.1. The molecule has 15 heavy (non-hydrogen) atoms. The van der Waals surface area contributed by atoms with Crippen molar-refractivity contribution < 1.29 is 4.79 Å². The van der Waals surface area contributed by atoms with Gasteiger partial charge in [0.2, 0.25) is 0 Å². The quantitative estimate of drug-likeness (QED) is 0.754. The monoisotopic (exact) mass is 217 g/mol. The first kappa shape index (κ1) is 9.73. The van der Waals surface area contributed by atoms with E-state index in [1.54, 1.807) is 17.4 Å². The maximum absolute atomic E-state index is 10.9. The number of nitrogen functional groups attached to an aromatic ring is 1. The van der Waals surface area contributed by atoms with Crippen LogP contribution in [0.15, 0.2) is 29.6 Å². The SMILES string of the molecule is NC(=O)c1c[c]c(-c2cccs2)cc1N. The zero-order valence-electron chi connectivity index (χ0n) is 7.86. The molecule has 0 saturated carbocycles. The number of amides is 1. The molecule has 0 aliphatic heterocycles. The Bertz CT molecular complexity index is 491. The number of anilines is 1. The first-order chi connectivity index (χ1) is 7.18. The number of thiophene rings is 1. The van der Waals surface area contributed by atoms with Crippen LogP contribution in [0.2, 0.25) is 0 Å². The van der Waals surface area contributed by atoms with Gasteiger partial charge in [-0.15, -0.1) is 11.3 Å². The molecule has 1 aromatic heterocycles. The summed E-state index contributed by atoms with van der Waals surface area (Å²) in [6.07, 6.45) is 0. The topological polar surface area (TPSA) is 69.1 Å². The fourth-order valence-corrected chi connectivity index (χ4v) is 2.00. The van der Waals surface area contributed by atoms with Crippen molar-refractivity contribution >= 4 is 22.9 Å². The Morgan fingerprint density at radius 1 is 1.47 bits per heavy atom. The maximum atomic E-state index is 10.9. The predicted octanol–water partition coefficient (Wildman–Crippen LogP) is 1.90. The van der Waals surface area contributed by atoms with Crippen molar-refractivity contribution in [1.29, 1.82) is 0 Å². The Morgan fingerprint density at radius 3 is 2.80 bits per heavy atom. The van der Waals surface area contributed by atoms with Crippen LogP contribution in [0.25, 0.3) is 10.4 Å². The number of carbonyl (C=O) groups excluding carboxylic acids is 1. The zero-order chi connectivity index (χ0) is 10.8. The molecule has 4 N–H and O–H groups in total.